The first-order valence-corrected chi connectivity index (χ1v) is 13.9. The van der Waals surface area contributed by atoms with Gasteiger partial charge in [0, 0.05) is 57.3 Å². The lowest BCUT2D eigenvalue weighted by atomic mass is 10.1. The summed E-state index contributed by atoms with van der Waals surface area (Å²) in [5.74, 6) is -1.28. The number of anilines is 1. The van der Waals surface area contributed by atoms with Crippen molar-refractivity contribution in [3.8, 4) is 11.4 Å². The first-order chi connectivity index (χ1) is 19.7. The van der Waals surface area contributed by atoms with E-state index >= 15 is 0 Å². The van der Waals surface area contributed by atoms with Crippen molar-refractivity contribution in [1.82, 2.24) is 25.1 Å². The van der Waals surface area contributed by atoms with Crippen molar-refractivity contribution in [2.24, 2.45) is 0 Å². The van der Waals surface area contributed by atoms with Gasteiger partial charge in [0.2, 0.25) is 5.91 Å². The second-order valence-corrected chi connectivity index (χ2v) is 9.99. The third kappa shape index (κ3) is 7.91. The van der Waals surface area contributed by atoms with Gasteiger partial charge < -0.3 is 35.0 Å². The number of carboxylic acid groups (broad SMARTS) is 1. The van der Waals surface area contributed by atoms with E-state index < -0.39 is 29.9 Å². The number of ether oxygens (including phenoxy) is 1. The Balaban J connectivity index is 1.54. The maximum atomic E-state index is 13.5. The molecule has 2 aliphatic rings. The number of carbonyl (C=O) groups is 4. The zero-order chi connectivity index (χ0) is 29.4. The van der Waals surface area contributed by atoms with Crippen LogP contribution >= 0.6 is 0 Å². The van der Waals surface area contributed by atoms with Crippen molar-refractivity contribution in [2.45, 2.75) is 44.8 Å². The minimum absolute atomic E-state index is 0.0419. The molecule has 1 aromatic heterocycles. The van der Waals surface area contributed by atoms with Crippen LogP contribution < -0.4 is 10.2 Å². The highest BCUT2D eigenvalue weighted by Gasteiger charge is 2.31. The van der Waals surface area contributed by atoms with Crippen LogP contribution in [0.15, 0.2) is 36.4 Å². The van der Waals surface area contributed by atoms with Gasteiger partial charge in [-0.15, -0.1) is 0 Å². The number of carboxylic acids is 1. The number of nitrogens with one attached hydrogen (secondary N) is 1. The van der Waals surface area contributed by atoms with Crippen LogP contribution in [0.5, 0.6) is 0 Å². The normalized spacial score (nSPS) is 16.7. The first kappa shape index (κ1) is 29.7. The van der Waals surface area contributed by atoms with E-state index in [9.17, 15) is 29.4 Å². The molecule has 13 nitrogen and oxygen atoms in total. The number of rotatable bonds is 9. The summed E-state index contributed by atoms with van der Waals surface area (Å²) >= 11 is 0. The second kappa shape index (κ2) is 13.9. The van der Waals surface area contributed by atoms with E-state index in [1.165, 1.54) is 9.80 Å². The molecule has 41 heavy (non-hydrogen) atoms. The molecular weight excluding hydrogens is 532 g/mol. The summed E-state index contributed by atoms with van der Waals surface area (Å²) in [7, 11) is 0. The molecule has 3 amide bonds. The van der Waals surface area contributed by atoms with Crippen LogP contribution in [0, 0.1) is 0 Å². The van der Waals surface area contributed by atoms with Crippen molar-refractivity contribution >= 4 is 29.7 Å². The number of carbonyl (C=O) groups excluding carboxylic acids is 3. The third-order valence-electron chi connectivity index (χ3n) is 7.13. The van der Waals surface area contributed by atoms with Gasteiger partial charge >= 0.3 is 12.1 Å². The van der Waals surface area contributed by atoms with E-state index in [1.54, 1.807) is 13.0 Å². The minimum atomic E-state index is -1.10. The molecule has 2 aliphatic heterocycles. The van der Waals surface area contributed by atoms with Crippen molar-refractivity contribution < 1.29 is 34.1 Å². The monoisotopic (exact) mass is 568 g/mol. The van der Waals surface area contributed by atoms with E-state index in [0.717, 1.165) is 0 Å². The van der Waals surface area contributed by atoms with Crippen LogP contribution in [-0.2, 0) is 14.3 Å². The molecule has 2 aromatic rings. The molecule has 13 heteroatoms. The first-order valence-electron chi connectivity index (χ1n) is 13.9. The van der Waals surface area contributed by atoms with Crippen molar-refractivity contribution in [2.75, 3.05) is 50.8 Å². The van der Waals surface area contributed by atoms with Crippen LogP contribution in [0.25, 0.3) is 11.4 Å². The quantitative estimate of drug-likeness (QED) is 0.402. The average Bonchev–Trinajstić information content (AvgIpc) is 2.99. The molecule has 3 heterocycles. The number of aliphatic hydroxyl groups is 1. The summed E-state index contributed by atoms with van der Waals surface area (Å²) in [6, 6.07) is 9.65. The molecule has 220 valence electrons. The fourth-order valence-corrected chi connectivity index (χ4v) is 4.83. The Kier molecular flexibility index (Phi) is 10.1. The Morgan fingerprint density at radius 2 is 1.66 bits per heavy atom. The number of hydrogen-bond donors (Lipinski definition) is 3. The number of piperidine rings is 1. The number of amides is 3. The van der Waals surface area contributed by atoms with Gasteiger partial charge in [-0.2, -0.15) is 0 Å². The number of nitrogens with zero attached hydrogens (tertiary/aromatic N) is 5. The predicted molar refractivity (Wildman–Crippen MR) is 148 cm³/mol. The molecule has 2 fully saturated rings. The predicted octanol–water partition coefficient (Wildman–Crippen LogP) is 1.37. The second-order valence-electron chi connectivity index (χ2n) is 9.99. The molecule has 1 aromatic carbocycles. The number of aliphatic hydroxyl groups excluding tert-OH is 1. The van der Waals surface area contributed by atoms with Gasteiger partial charge in [-0.1, -0.05) is 30.3 Å². The van der Waals surface area contributed by atoms with Gasteiger partial charge in [0.25, 0.3) is 5.91 Å². The Bertz CT molecular complexity index is 1230. The van der Waals surface area contributed by atoms with Gasteiger partial charge in [0.1, 0.15) is 17.6 Å². The highest BCUT2D eigenvalue weighted by atomic mass is 16.6. The highest BCUT2D eigenvalue weighted by molar-refractivity contribution is 5.97. The van der Waals surface area contributed by atoms with Gasteiger partial charge in [-0.05, 0) is 26.2 Å². The number of hydrogen-bond acceptors (Lipinski definition) is 9. The number of piperazine rings is 1. The van der Waals surface area contributed by atoms with E-state index in [4.69, 9.17) is 4.74 Å². The van der Waals surface area contributed by atoms with Crippen LogP contribution in [0.3, 0.4) is 0 Å². The number of aliphatic carboxylic acids is 1. The molecular formula is C28H36N6O7. The van der Waals surface area contributed by atoms with E-state index in [0.29, 0.717) is 43.1 Å². The average molecular weight is 569 g/mol. The lowest BCUT2D eigenvalue weighted by Crippen LogP contribution is -2.56. The molecule has 3 N–H and O–H groups in total. The van der Waals surface area contributed by atoms with E-state index in [-0.39, 0.29) is 57.4 Å². The molecule has 1 atom stereocenters. The molecule has 0 saturated carbocycles. The summed E-state index contributed by atoms with van der Waals surface area (Å²) in [6.45, 7) is 4.08. The van der Waals surface area contributed by atoms with E-state index in [2.05, 4.69) is 15.3 Å². The van der Waals surface area contributed by atoms with Crippen molar-refractivity contribution in [3.63, 3.8) is 0 Å². The molecule has 2 saturated heterocycles. The van der Waals surface area contributed by atoms with E-state index in [1.807, 2.05) is 35.2 Å². The van der Waals surface area contributed by atoms with Gasteiger partial charge in [-0.3, -0.25) is 14.4 Å². The zero-order valence-electron chi connectivity index (χ0n) is 23.1. The number of benzene rings is 1. The van der Waals surface area contributed by atoms with Gasteiger partial charge in [-0.25, -0.2) is 14.8 Å². The molecule has 4 rings (SSSR count). The third-order valence-corrected chi connectivity index (χ3v) is 7.13. The maximum absolute atomic E-state index is 13.5. The standard InChI is InChI=1S/C28H36N6O7/c1-2-41-28(40)34-16-14-33(15-17-34)27(39)21(8-9-24(36)37)30-26(38)22-18-23(32-12-10-20(35)11-13-32)31-25(29-22)19-6-4-3-5-7-19/h3-7,18,20-21,35H,2,8-17H2,1H3,(H,30,38)(H,36,37)/t21-/m0/s1. The van der Waals surface area contributed by atoms with Gasteiger partial charge in [0.15, 0.2) is 5.82 Å². The van der Waals surface area contributed by atoms with Gasteiger partial charge in [0.05, 0.1) is 12.7 Å². The summed E-state index contributed by atoms with van der Waals surface area (Å²) < 4.78 is 5.02. The zero-order valence-corrected chi connectivity index (χ0v) is 23.1. The van der Waals surface area contributed by atoms with Crippen molar-refractivity contribution in [3.05, 3.63) is 42.1 Å². The SMILES string of the molecule is CCOC(=O)N1CCN(C(=O)[C@H](CCC(=O)O)NC(=O)c2cc(N3CCC(O)CC3)nc(-c3ccccc3)n2)CC1. The minimum Gasteiger partial charge on any atom is -0.481 e. The molecule has 0 aliphatic carbocycles. The Morgan fingerprint density at radius 1 is 1.00 bits per heavy atom. The largest absolute Gasteiger partial charge is 0.481 e. The fourth-order valence-electron chi connectivity index (χ4n) is 4.83. The van der Waals surface area contributed by atoms with Crippen LogP contribution in [0.4, 0.5) is 10.6 Å². The summed E-state index contributed by atoms with van der Waals surface area (Å²) in [6.07, 6.45) is -0.120. The van der Waals surface area contributed by atoms with Crippen molar-refractivity contribution in [1.29, 1.82) is 0 Å². The number of aromatic nitrogens is 2. The smallest absolute Gasteiger partial charge is 0.409 e. The lowest BCUT2D eigenvalue weighted by Gasteiger charge is -2.36. The molecule has 0 radical (unpaired) electrons. The van der Waals surface area contributed by atoms with Crippen LogP contribution in [-0.4, -0.2) is 112 Å². The van der Waals surface area contributed by atoms with Crippen LogP contribution in [0.1, 0.15) is 43.1 Å². The fraction of sp³-hybridized carbons (Fsp3) is 0.500. The Morgan fingerprint density at radius 3 is 2.29 bits per heavy atom. The molecule has 0 bridgehead atoms. The summed E-state index contributed by atoms with van der Waals surface area (Å²) in [5.41, 5.74) is 0.749. The Labute approximate surface area is 238 Å². The molecule has 0 spiro atoms. The highest BCUT2D eigenvalue weighted by Crippen LogP contribution is 2.23. The summed E-state index contributed by atoms with van der Waals surface area (Å²) in [4.78, 5) is 64.5. The summed E-state index contributed by atoms with van der Waals surface area (Å²) in [5, 5.41) is 21.9. The molecule has 0 unspecified atom stereocenters. The van der Waals surface area contributed by atoms with Crippen LogP contribution in [0.2, 0.25) is 0 Å². The maximum Gasteiger partial charge on any atom is 0.409 e. The Hall–Kier alpha value is -4.26. The lowest BCUT2D eigenvalue weighted by molar-refractivity contribution is -0.138. The topological polar surface area (TPSA) is 166 Å².